The van der Waals surface area contributed by atoms with Crippen LogP contribution in [0.3, 0.4) is 0 Å². The van der Waals surface area contributed by atoms with Gasteiger partial charge in [0, 0.05) is 10.7 Å². The molecule has 2 rings (SSSR count). The second-order valence-electron chi connectivity index (χ2n) is 2.92. The maximum atomic E-state index is 11.5. The van der Waals surface area contributed by atoms with Crippen molar-refractivity contribution >= 4 is 31.9 Å². The van der Waals surface area contributed by atoms with Crippen molar-refractivity contribution in [1.82, 2.24) is 4.57 Å². The zero-order valence-electron chi connectivity index (χ0n) is 6.67. The molecule has 1 aromatic rings. The smallest absolute Gasteiger partial charge is 0.264 e. The van der Waals surface area contributed by atoms with Crippen LogP contribution in [0.2, 0.25) is 0 Å². The van der Waals surface area contributed by atoms with E-state index in [1.165, 1.54) is 0 Å². The van der Waals surface area contributed by atoms with E-state index in [0.29, 0.717) is 11.0 Å². The Hall–Kier alpha value is -0.130. The van der Waals surface area contributed by atoms with Crippen molar-refractivity contribution in [3.05, 3.63) is 31.6 Å². The number of hydrogen-bond donors (Lipinski definition) is 0. The number of epoxide rings is 1. The zero-order chi connectivity index (χ0) is 9.42. The molecule has 5 heteroatoms. The molecular formula is C8H7Br2NO2. The number of nitrogens with zero attached hydrogens (tertiary/aromatic N) is 1. The fraction of sp³-hybridized carbons (Fsp3) is 0.375. The lowest BCUT2D eigenvalue weighted by atomic mass is 10.4. The second-order valence-corrected chi connectivity index (χ2v) is 4.69. The first kappa shape index (κ1) is 9.43. The third-order valence-corrected chi connectivity index (χ3v) is 2.81. The average Bonchev–Trinajstić information content (AvgIpc) is 2.83. The number of hydrogen-bond acceptors (Lipinski definition) is 2. The van der Waals surface area contributed by atoms with Crippen LogP contribution < -0.4 is 5.56 Å². The summed E-state index contributed by atoms with van der Waals surface area (Å²) < 4.78 is 8.16. The van der Waals surface area contributed by atoms with Crippen LogP contribution in [0.1, 0.15) is 0 Å². The highest BCUT2D eigenvalue weighted by Crippen LogP contribution is 2.15. The van der Waals surface area contributed by atoms with Crippen LogP contribution in [-0.4, -0.2) is 17.3 Å². The molecule has 1 unspecified atom stereocenters. The molecule has 0 N–H and O–H groups in total. The molecule has 13 heavy (non-hydrogen) atoms. The molecule has 0 aromatic carbocycles. The van der Waals surface area contributed by atoms with Gasteiger partial charge in [-0.1, -0.05) is 0 Å². The molecule has 1 aliphatic rings. The largest absolute Gasteiger partial charge is 0.371 e. The molecule has 1 atom stereocenters. The molecule has 0 spiro atoms. The summed E-state index contributed by atoms with van der Waals surface area (Å²) in [6, 6.07) is 1.74. The maximum absolute atomic E-state index is 11.5. The summed E-state index contributed by atoms with van der Waals surface area (Å²) in [5, 5.41) is 0. The number of aromatic nitrogens is 1. The topological polar surface area (TPSA) is 34.5 Å². The lowest BCUT2D eigenvalue weighted by Crippen LogP contribution is -2.22. The predicted octanol–water partition coefficient (Wildman–Crippen LogP) is 1.77. The van der Waals surface area contributed by atoms with Crippen molar-refractivity contribution in [3.63, 3.8) is 0 Å². The SMILES string of the molecule is O=c1c(Br)cc(Br)cn1CC1CO1. The Kier molecular flexibility index (Phi) is 2.58. The standard InChI is InChI=1S/C8H7Br2NO2/c9-5-1-7(10)8(12)11(2-5)3-6-4-13-6/h1-2,6H,3-4H2. The Labute approximate surface area is 92.0 Å². The molecule has 0 radical (unpaired) electrons. The summed E-state index contributed by atoms with van der Waals surface area (Å²) in [7, 11) is 0. The number of halogens is 2. The fourth-order valence-corrected chi connectivity index (χ4v) is 2.35. The molecule has 70 valence electrons. The molecule has 0 amide bonds. The van der Waals surface area contributed by atoms with E-state index in [4.69, 9.17) is 4.74 Å². The first-order chi connectivity index (χ1) is 6.16. The Morgan fingerprint density at radius 3 is 2.92 bits per heavy atom. The van der Waals surface area contributed by atoms with Crippen molar-refractivity contribution in [2.75, 3.05) is 6.61 Å². The quantitative estimate of drug-likeness (QED) is 0.781. The lowest BCUT2D eigenvalue weighted by molar-refractivity contribution is 0.380. The molecule has 0 bridgehead atoms. The minimum absolute atomic E-state index is 0.0151. The Balaban J connectivity index is 2.36. The van der Waals surface area contributed by atoms with E-state index >= 15 is 0 Å². The molecule has 1 fully saturated rings. The van der Waals surface area contributed by atoms with Crippen molar-refractivity contribution in [2.24, 2.45) is 0 Å². The summed E-state index contributed by atoms with van der Waals surface area (Å²) in [6.07, 6.45) is 1.99. The van der Waals surface area contributed by atoms with Gasteiger partial charge >= 0.3 is 0 Å². The van der Waals surface area contributed by atoms with Gasteiger partial charge in [-0.15, -0.1) is 0 Å². The third kappa shape index (κ3) is 2.21. The van der Waals surface area contributed by atoms with Crippen molar-refractivity contribution in [3.8, 4) is 0 Å². The van der Waals surface area contributed by atoms with Gasteiger partial charge < -0.3 is 9.30 Å². The van der Waals surface area contributed by atoms with E-state index in [0.717, 1.165) is 11.1 Å². The summed E-state index contributed by atoms with van der Waals surface area (Å²) >= 11 is 6.53. The van der Waals surface area contributed by atoms with Crippen LogP contribution in [0.5, 0.6) is 0 Å². The number of rotatable bonds is 2. The van der Waals surface area contributed by atoms with Gasteiger partial charge in [0.2, 0.25) is 0 Å². The summed E-state index contributed by atoms with van der Waals surface area (Å²) in [5.41, 5.74) is -0.0151. The number of pyridine rings is 1. The first-order valence-corrected chi connectivity index (χ1v) is 5.42. The predicted molar refractivity (Wildman–Crippen MR) is 55.8 cm³/mol. The highest BCUT2D eigenvalue weighted by molar-refractivity contribution is 9.11. The van der Waals surface area contributed by atoms with Gasteiger partial charge in [0.25, 0.3) is 5.56 Å². The van der Waals surface area contributed by atoms with Gasteiger partial charge in [0.15, 0.2) is 0 Å². The number of ether oxygens (including phenoxy) is 1. The zero-order valence-corrected chi connectivity index (χ0v) is 9.84. The average molecular weight is 309 g/mol. The third-order valence-electron chi connectivity index (χ3n) is 1.81. The monoisotopic (exact) mass is 307 g/mol. The van der Waals surface area contributed by atoms with Gasteiger partial charge in [-0.2, -0.15) is 0 Å². The van der Waals surface area contributed by atoms with E-state index in [2.05, 4.69) is 31.9 Å². The fourth-order valence-electron chi connectivity index (χ4n) is 1.09. The van der Waals surface area contributed by atoms with Gasteiger partial charge in [0.1, 0.15) is 0 Å². The van der Waals surface area contributed by atoms with Crippen molar-refractivity contribution in [1.29, 1.82) is 0 Å². The summed E-state index contributed by atoms with van der Waals surface area (Å²) in [4.78, 5) is 11.5. The van der Waals surface area contributed by atoms with Crippen LogP contribution in [0.4, 0.5) is 0 Å². The lowest BCUT2D eigenvalue weighted by Gasteiger charge is -2.04. The van der Waals surface area contributed by atoms with Crippen LogP contribution in [0.15, 0.2) is 26.0 Å². The Morgan fingerprint density at radius 1 is 1.62 bits per heavy atom. The van der Waals surface area contributed by atoms with Gasteiger partial charge in [0.05, 0.1) is 23.7 Å². The highest BCUT2D eigenvalue weighted by Gasteiger charge is 2.23. The van der Waals surface area contributed by atoms with Crippen LogP contribution >= 0.6 is 31.9 Å². The molecule has 0 aliphatic carbocycles. The molecular weight excluding hydrogens is 302 g/mol. The molecule has 3 nitrogen and oxygen atoms in total. The molecule has 2 heterocycles. The molecule has 1 aliphatic heterocycles. The summed E-state index contributed by atoms with van der Waals surface area (Å²) in [6.45, 7) is 1.40. The van der Waals surface area contributed by atoms with Crippen molar-refractivity contribution in [2.45, 2.75) is 12.6 Å². The Bertz CT molecular complexity index is 384. The molecule has 1 aromatic heterocycles. The minimum atomic E-state index is -0.0151. The van der Waals surface area contributed by atoms with Gasteiger partial charge in [-0.05, 0) is 37.9 Å². The highest BCUT2D eigenvalue weighted by atomic mass is 79.9. The van der Waals surface area contributed by atoms with E-state index in [9.17, 15) is 4.79 Å². The van der Waals surface area contributed by atoms with Crippen LogP contribution in [-0.2, 0) is 11.3 Å². The van der Waals surface area contributed by atoms with Gasteiger partial charge in [-0.25, -0.2) is 0 Å². The molecule has 0 saturated carbocycles. The molecule has 1 saturated heterocycles. The normalized spacial score (nSPS) is 20.3. The van der Waals surface area contributed by atoms with Crippen LogP contribution in [0.25, 0.3) is 0 Å². The van der Waals surface area contributed by atoms with Crippen molar-refractivity contribution < 1.29 is 4.74 Å². The minimum Gasteiger partial charge on any atom is -0.371 e. The van der Waals surface area contributed by atoms with E-state index in [1.807, 2.05) is 0 Å². The van der Waals surface area contributed by atoms with E-state index in [1.54, 1.807) is 16.8 Å². The Morgan fingerprint density at radius 2 is 2.31 bits per heavy atom. The first-order valence-electron chi connectivity index (χ1n) is 3.84. The maximum Gasteiger partial charge on any atom is 0.264 e. The summed E-state index contributed by atoms with van der Waals surface area (Å²) in [5.74, 6) is 0. The van der Waals surface area contributed by atoms with Gasteiger partial charge in [-0.3, -0.25) is 4.79 Å². The van der Waals surface area contributed by atoms with E-state index in [-0.39, 0.29) is 11.7 Å². The van der Waals surface area contributed by atoms with E-state index < -0.39 is 0 Å². The van der Waals surface area contributed by atoms with Crippen LogP contribution in [0, 0.1) is 0 Å². The second kappa shape index (κ2) is 3.55.